The molecule has 1 aliphatic carbocycles. The van der Waals surface area contributed by atoms with Crippen molar-refractivity contribution in [3.63, 3.8) is 0 Å². The van der Waals surface area contributed by atoms with E-state index in [4.69, 9.17) is 0 Å². The molecule has 0 N–H and O–H groups in total. The van der Waals surface area contributed by atoms with Crippen LogP contribution in [0.5, 0.6) is 0 Å². The second-order valence-electron chi connectivity index (χ2n) is 5.42. The third-order valence-electron chi connectivity index (χ3n) is 3.79. The highest BCUT2D eigenvalue weighted by Crippen LogP contribution is 2.41. The van der Waals surface area contributed by atoms with Gasteiger partial charge in [0.25, 0.3) is 0 Å². The zero-order chi connectivity index (χ0) is 13.2. The largest absolute Gasteiger partial charge is 0.224 e. The van der Waals surface area contributed by atoms with E-state index < -0.39 is 9.84 Å². The summed E-state index contributed by atoms with van der Waals surface area (Å²) in [5.41, 5.74) is 0.943. The third kappa shape index (κ3) is 2.97. The molecule has 2 rings (SSSR count). The molecule has 1 aliphatic rings. The van der Waals surface area contributed by atoms with Gasteiger partial charge in [-0.15, -0.1) is 0 Å². The summed E-state index contributed by atoms with van der Waals surface area (Å²) in [6, 6.07) is 7.22. The van der Waals surface area contributed by atoms with Crippen molar-refractivity contribution in [3.05, 3.63) is 29.8 Å². The lowest BCUT2D eigenvalue weighted by molar-refractivity contribution is 0.394. The molecule has 0 radical (unpaired) electrons. The standard InChI is InChI=1S/C14H19BrO2S/c1-12-5-4-6-13(9-12)18(16,17)11-14(10-15)7-2-3-8-14/h4-6,9H,2-3,7-8,10-11H2,1H3. The van der Waals surface area contributed by atoms with Gasteiger partial charge in [-0.1, -0.05) is 40.9 Å². The second kappa shape index (κ2) is 5.33. The van der Waals surface area contributed by atoms with Gasteiger partial charge >= 0.3 is 0 Å². The zero-order valence-corrected chi connectivity index (χ0v) is 13.1. The molecule has 0 bridgehead atoms. The highest BCUT2D eigenvalue weighted by atomic mass is 79.9. The molecule has 0 aromatic heterocycles. The number of benzene rings is 1. The fourth-order valence-electron chi connectivity index (χ4n) is 2.74. The molecule has 18 heavy (non-hydrogen) atoms. The minimum Gasteiger partial charge on any atom is -0.224 e. The highest BCUT2D eigenvalue weighted by molar-refractivity contribution is 9.09. The van der Waals surface area contributed by atoms with E-state index in [-0.39, 0.29) is 11.2 Å². The van der Waals surface area contributed by atoms with E-state index in [2.05, 4.69) is 15.9 Å². The summed E-state index contributed by atoms with van der Waals surface area (Å²) in [6.45, 7) is 1.93. The van der Waals surface area contributed by atoms with Gasteiger partial charge in [0.1, 0.15) is 0 Å². The average molecular weight is 331 g/mol. The predicted octanol–water partition coefficient (Wildman–Crippen LogP) is 3.72. The van der Waals surface area contributed by atoms with Crippen LogP contribution in [-0.4, -0.2) is 19.5 Å². The molecule has 0 heterocycles. The summed E-state index contributed by atoms with van der Waals surface area (Å²) >= 11 is 3.51. The molecule has 0 amide bonds. The maximum Gasteiger partial charge on any atom is 0.178 e. The quantitative estimate of drug-likeness (QED) is 0.788. The van der Waals surface area contributed by atoms with E-state index >= 15 is 0 Å². The Morgan fingerprint density at radius 1 is 1.28 bits per heavy atom. The van der Waals surface area contributed by atoms with Crippen LogP contribution in [-0.2, 0) is 9.84 Å². The zero-order valence-electron chi connectivity index (χ0n) is 10.7. The van der Waals surface area contributed by atoms with Gasteiger partial charge in [0.2, 0.25) is 0 Å². The van der Waals surface area contributed by atoms with Gasteiger partial charge in [-0.05, 0) is 42.9 Å². The first-order valence-corrected chi connectivity index (χ1v) is 9.10. The van der Waals surface area contributed by atoms with Crippen molar-refractivity contribution in [2.45, 2.75) is 37.5 Å². The van der Waals surface area contributed by atoms with Gasteiger partial charge in [-0.3, -0.25) is 0 Å². The van der Waals surface area contributed by atoms with E-state index in [1.807, 2.05) is 19.1 Å². The van der Waals surface area contributed by atoms with E-state index in [1.165, 1.54) is 0 Å². The Hall–Kier alpha value is -0.350. The van der Waals surface area contributed by atoms with Crippen molar-refractivity contribution in [2.75, 3.05) is 11.1 Å². The average Bonchev–Trinajstić information content (AvgIpc) is 2.77. The topological polar surface area (TPSA) is 34.1 Å². The molecule has 100 valence electrons. The smallest absolute Gasteiger partial charge is 0.178 e. The molecule has 0 spiro atoms. The van der Waals surface area contributed by atoms with Crippen LogP contribution in [0.4, 0.5) is 0 Å². The molecule has 0 aliphatic heterocycles. The third-order valence-corrected chi connectivity index (χ3v) is 6.95. The van der Waals surface area contributed by atoms with Crippen molar-refractivity contribution in [1.82, 2.24) is 0 Å². The number of rotatable bonds is 4. The number of halogens is 1. The Morgan fingerprint density at radius 2 is 1.94 bits per heavy atom. The fourth-order valence-corrected chi connectivity index (χ4v) is 5.77. The molecule has 1 saturated carbocycles. The summed E-state index contributed by atoms with van der Waals surface area (Å²) in [4.78, 5) is 0.467. The molecule has 0 saturated heterocycles. The Bertz CT molecular complexity index is 516. The van der Waals surface area contributed by atoms with Crippen molar-refractivity contribution in [2.24, 2.45) is 5.41 Å². The van der Waals surface area contributed by atoms with E-state index in [1.54, 1.807) is 12.1 Å². The van der Waals surface area contributed by atoms with Crippen LogP contribution >= 0.6 is 15.9 Å². The van der Waals surface area contributed by atoms with Gasteiger partial charge in [0.05, 0.1) is 10.6 Å². The summed E-state index contributed by atoms with van der Waals surface area (Å²) in [6.07, 6.45) is 4.33. The van der Waals surface area contributed by atoms with Crippen LogP contribution in [0.1, 0.15) is 31.2 Å². The molecule has 4 heteroatoms. The Morgan fingerprint density at radius 3 is 2.50 bits per heavy atom. The van der Waals surface area contributed by atoms with Crippen molar-refractivity contribution < 1.29 is 8.42 Å². The fraction of sp³-hybridized carbons (Fsp3) is 0.571. The summed E-state index contributed by atoms with van der Waals surface area (Å²) in [5, 5.41) is 0.783. The van der Waals surface area contributed by atoms with E-state index in [0.717, 1.165) is 36.6 Å². The van der Waals surface area contributed by atoms with E-state index in [9.17, 15) is 8.42 Å². The van der Waals surface area contributed by atoms with Gasteiger partial charge in [-0.25, -0.2) is 8.42 Å². The first-order chi connectivity index (χ1) is 8.47. The SMILES string of the molecule is Cc1cccc(S(=O)(=O)CC2(CBr)CCCC2)c1. The minimum atomic E-state index is -3.17. The minimum absolute atomic E-state index is 0.0530. The summed E-state index contributed by atoms with van der Waals surface area (Å²) < 4.78 is 25.0. The van der Waals surface area contributed by atoms with Gasteiger partial charge < -0.3 is 0 Å². The first kappa shape index (κ1) is 14.1. The van der Waals surface area contributed by atoms with Gasteiger partial charge in [0, 0.05) is 5.33 Å². The molecule has 1 aromatic carbocycles. The first-order valence-electron chi connectivity index (χ1n) is 6.33. The van der Waals surface area contributed by atoms with Crippen molar-refractivity contribution >= 4 is 25.8 Å². The van der Waals surface area contributed by atoms with Gasteiger partial charge in [0.15, 0.2) is 9.84 Å². The number of hydrogen-bond donors (Lipinski definition) is 0. The van der Waals surface area contributed by atoms with E-state index in [0.29, 0.717) is 4.90 Å². The Kier molecular flexibility index (Phi) is 4.17. The summed E-state index contributed by atoms with van der Waals surface area (Å²) in [5.74, 6) is 0.273. The highest BCUT2D eigenvalue weighted by Gasteiger charge is 2.37. The van der Waals surface area contributed by atoms with Crippen LogP contribution in [0.25, 0.3) is 0 Å². The van der Waals surface area contributed by atoms with Crippen LogP contribution in [0.3, 0.4) is 0 Å². The lowest BCUT2D eigenvalue weighted by Crippen LogP contribution is -2.29. The van der Waals surface area contributed by atoms with Crippen LogP contribution < -0.4 is 0 Å². The molecule has 1 fully saturated rings. The van der Waals surface area contributed by atoms with Gasteiger partial charge in [-0.2, -0.15) is 0 Å². The monoisotopic (exact) mass is 330 g/mol. The summed E-state index contributed by atoms with van der Waals surface area (Å²) in [7, 11) is -3.17. The maximum absolute atomic E-state index is 12.5. The maximum atomic E-state index is 12.5. The van der Waals surface area contributed by atoms with Crippen LogP contribution in [0.15, 0.2) is 29.2 Å². The normalized spacial score (nSPS) is 19.0. The molecule has 0 atom stereocenters. The molecular weight excluding hydrogens is 312 g/mol. The molecule has 2 nitrogen and oxygen atoms in total. The Labute approximate surface area is 118 Å². The number of alkyl halides is 1. The molecular formula is C14H19BrO2S. The van der Waals surface area contributed by atoms with Crippen molar-refractivity contribution in [1.29, 1.82) is 0 Å². The number of aryl methyl sites for hydroxylation is 1. The molecule has 1 aromatic rings. The second-order valence-corrected chi connectivity index (χ2v) is 7.97. The number of hydrogen-bond acceptors (Lipinski definition) is 2. The Balaban J connectivity index is 2.27. The predicted molar refractivity (Wildman–Crippen MR) is 77.9 cm³/mol. The van der Waals surface area contributed by atoms with Crippen LogP contribution in [0, 0.1) is 12.3 Å². The lowest BCUT2D eigenvalue weighted by Gasteiger charge is -2.26. The van der Waals surface area contributed by atoms with Crippen molar-refractivity contribution in [3.8, 4) is 0 Å². The molecule has 0 unspecified atom stereocenters. The lowest BCUT2D eigenvalue weighted by atomic mass is 9.92. The number of sulfone groups is 1. The van der Waals surface area contributed by atoms with Crippen LogP contribution in [0.2, 0.25) is 0 Å².